The summed E-state index contributed by atoms with van der Waals surface area (Å²) in [5, 5.41) is 10.6. The third-order valence-electron chi connectivity index (χ3n) is 5.30. The number of nitrogens with zero attached hydrogens (tertiary/aromatic N) is 1. The molecule has 9 heteroatoms. The fourth-order valence-corrected chi connectivity index (χ4v) is 3.97. The Hall–Kier alpha value is -3.72. The van der Waals surface area contributed by atoms with Crippen LogP contribution in [0.15, 0.2) is 47.8 Å². The Labute approximate surface area is 202 Å². The molecule has 0 spiro atoms. The monoisotopic (exact) mass is 480 g/mol. The van der Waals surface area contributed by atoms with Gasteiger partial charge in [0.1, 0.15) is 16.7 Å². The van der Waals surface area contributed by atoms with Crippen LogP contribution in [0.5, 0.6) is 0 Å². The van der Waals surface area contributed by atoms with Crippen LogP contribution >= 0.6 is 11.3 Å². The highest BCUT2D eigenvalue weighted by Gasteiger charge is 2.26. The molecule has 3 rings (SSSR count). The van der Waals surface area contributed by atoms with E-state index in [4.69, 9.17) is 4.74 Å². The first kappa shape index (κ1) is 24.9. The second-order valence-electron chi connectivity index (χ2n) is 8.21. The zero-order valence-corrected chi connectivity index (χ0v) is 20.6. The number of urea groups is 1. The van der Waals surface area contributed by atoms with E-state index in [1.807, 2.05) is 58.0 Å². The average Bonchev–Trinajstić information content (AvgIpc) is 3.30. The summed E-state index contributed by atoms with van der Waals surface area (Å²) >= 11 is 1.32. The Kier molecular flexibility index (Phi) is 8.01. The number of hydrogen-bond donors (Lipinski definition) is 3. The molecule has 0 unspecified atom stereocenters. The Bertz CT molecular complexity index is 1190. The smallest absolute Gasteiger partial charge is 0.328 e. The SMILES string of the molecule is COC(=O)[C@@H](NC(=O)c1csc(-c2ccc(NC(=O)Nc3ccc(C)c(C)c3)cc2)n1)C(C)C. The Morgan fingerprint density at radius 2 is 1.59 bits per heavy atom. The molecule has 1 atom stereocenters. The van der Waals surface area contributed by atoms with Crippen LogP contribution < -0.4 is 16.0 Å². The highest BCUT2D eigenvalue weighted by Crippen LogP contribution is 2.25. The minimum absolute atomic E-state index is 0.123. The van der Waals surface area contributed by atoms with E-state index in [1.54, 1.807) is 17.5 Å². The summed E-state index contributed by atoms with van der Waals surface area (Å²) in [6, 6.07) is 11.8. The van der Waals surface area contributed by atoms with E-state index in [9.17, 15) is 14.4 Å². The highest BCUT2D eigenvalue weighted by molar-refractivity contribution is 7.13. The van der Waals surface area contributed by atoms with E-state index < -0.39 is 17.9 Å². The number of esters is 1. The number of amides is 3. The topological polar surface area (TPSA) is 109 Å². The first-order valence-electron chi connectivity index (χ1n) is 10.8. The van der Waals surface area contributed by atoms with Crippen LogP contribution in [0.3, 0.4) is 0 Å². The van der Waals surface area contributed by atoms with Crippen LogP contribution in [0.25, 0.3) is 10.6 Å². The molecule has 1 aromatic heterocycles. The summed E-state index contributed by atoms with van der Waals surface area (Å²) in [6.07, 6.45) is 0. The molecule has 3 aromatic rings. The number of ether oxygens (including phenoxy) is 1. The van der Waals surface area contributed by atoms with Gasteiger partial charge in [-0.3, -0.25) is 4.79 Å². The Morgan fingerprint density at radius 3 is 2.21 bits per heavy atom. The van der Waals surface area contributed by atoms with Gasteiger partial charge in [0.05, 0.1) is 7.11 Å². The van der Waals surface area contributed by atoms with Crippen molar-refractivity contribution < 1.29 is 19.1 Å². The fourth-order valence-electron chi connectivity index (χ4n) is 3.16. The largest absolute Gasteiger partial charge is 0.467 e. The lowest BCUT2D eigenvalue weighted by molar-refractivity contribution is -0.144. The molecule has 0 saturated heterocycles. The van der Waals surface area contributed by atoms with Gasteiger partial charge >= 0.3 is 12.0 Å². The molecule has 8 nitrogen and oxygen atoms in total. The number of aryl methyl sites for hydroxylation is 2. The lowest BCUT2D eigenvalue weighted by atomic mass is 10.0. The maximum atomic E-state index is 12.6. The molecular formula is C25H28N4O4S. The minimum Gasteiger partial charge on any atom is -0.467 e. The van der Waals surface area contributed by atoms with E-state index >= 15 is 0 Å². The number of rotatable bonds is 7. The highest BCUT2D eigenvalue weighted by atomic mass is 32.1. The molecule has 34 heavy (non-hydrogen) atoms. The van der Waals surface area contributed by atoms with Gasteiger partial charge in [-0.15, -0.1) is 11.3 Å². The molecule has 0 radical (unpaired) electrons. The number of methoxy groups -OCH3 is 1. The fraction of sp³-hybridized carbons (Fsp3) is 0.280. The van der Waals surface area contributed by atoms with Gasteiger partial charge in [-0.2, -0.15) is 0 Å². The lowest BCUT2D eigenvalue weighted by Crippen LogP contribution is -2.45. The predicted octanol–water partition coefficient (Wildman–Crippen LogP) is 5.00. The summed E-state index contributed by atoms with van der Waals surface area (Å²) in [5.41, 5.74) is 4.63. The summed E-state index contributed by atoms with van der Waals surface area (Å²) in [7, 11) is 1.29. The quantitative estimate of drug-likeness (QED) is 0.412. The van der Waals surface area contributed by atoms with Crippen molar-refractivity contribution in [3.8, 4) is 10.6 Å². The predicted molar refractivity (Wildman–Crippen MR) is 134 cm³/mol. The summed E-state index contributed by atoms with van der Waals surface area (Å²) < 4.78 is 4.76. The van der Waals surface area contributed by atoms with Gasteiger partial charge in [0.15, 0.2) is 0 Å². The zero-order chi connectivity index (χ0) is 24.8. The van der Waals surface area contributed by atoms with E-state index in [2.05, 4.69) is 20.9 Å². The van der Waals surface area contributed by atoms with Crippen molar-refractivity contribution in [3.63, 3.8) is 0 Å². The van der Waals surface area contributed by atoms with Crippen molar-refractivity contribution in [2.45, 2.75) is 33.7 Å². The first-order valence-corrected chi connectivity index (χ1v) is 11.7. The van der Waals surface area contributed by atoms with Crippen molar-refractivity contribution >= 4 is 40.6 Å². The van der Waals surface area contributed by atoms with Crippen LogP contribution in [-0.2, 0) is 9.53 Å². The second kappa shape index (κ2) is 10.9. The van der Waals surface area contributed by atoms with E-state index in [-0.39, 0.29) is 17.6 Å². The van der Waals surface area contributed by atoms with Gasteiger partial charge in [0, 0.05) is 22.3 Å². The Morgan fingerprint density at radius 1 is 0.941 bits per heavy atom. The van der Waals surface area contributed by atoms with Crippen LogP contribution in [0, 0.1) is 19.8 Å². The number of hydrogen-bond acceptors (Lipinski definition) is 6. The number of carbonyl (C=O) groups is 3. The molecule has 3 N–H and O–H groups in total. The van der Waals surface area contributed by atoms with Gasteiger partial charge in [0.2, 0.25) is 0 Å². The second-order valence-corrected chi connectivity index (χ2v) is 9.07. The molecule has 0 aliphatic rings. The number of carbonyl (C=O) groups excluding carboxylic acids is 3. The van der Waals surface area contributed by atoms with Gasteiger partial charge in [-0.1, -0.05) is 19.9 Å². The van der Waals surface area contributed by atoms with E-state index in [0.29, 0.717) is 10.7 Å². The zero-order valence-electron chi connectivity index (χ0n) is 19.8. The van der Waals surface area contributed by atoms with Crippen LogP contribution in [0.2, 0.25) is 0 Å². The van der Waals surface area contributed by atoms with Crippen molar-refractivity contribution in [2.75, 3.05) is 17.7 Å². The van der Waals surface area contributed by atoms with Gasteiger partial charge in [-0.05, 0) is 67.3 Å². The summed E-state index contributed by atoms with van der Waals surface area (Å²) in [5.74, 6) is -1.06. The summed E-state index contributed by atoms with van der Waals surface area (Å²) in [4.78, 5) is 41.2. The molecule has 3 amide bonds. The lowest BCUT2D eigenvalue weighted by Gasteiger charge is -2.19. The average molecular weight is 481 g/mol. The van der Waals surface area contributed by atoms with Crippen molar-refractivity contribution in [1.82, 2.24) is 10.3 Å². The minimum atomic E-state index is -0.747. The summed E-state index contributed by atoms with van der Waals surface area (Å²) in [6.45, 7) is 7.66. The maximum Gasteiger partial charge on any atom is 0.328 e. The molecule has 0 aliphatic carbocycles. The van der Waals surface area contributed by atoms with Crippen LogP contribution in [0.1, 0.15) is 35.5 Å². The van der Waals surface area contributed by atoms with Gasteiger partial charge < -0.3 is 20.7 Å². The number of aromatic nitrogens is 1. The first-order chi connectivity index (χ1) is 16.2. The molecule has 2 aromatic carbocycles. The molecule has 178 valence electrons. The number of thiazole rings is 1. The standard InChI is InChI=1S/C25H28N4O4S/c1-14(2)21(24(31)33-5)29-22(30)20-13-34-23(28-20)17-7-10-18(11-8-17)26-25(32)27-19-9-6-15(3)16(4)12-19/h6-14,21H,1-5H3,(H,29,30)(H2,26,27,32)/t21-/m0/s1. The normalized spacial score (nSPS) is 11.6. The molecule has 0 fully saturated rings. The molecular weight excluding hydrogens is 452 g/mol. The molecule has 1 heterocycles. The molecule has 0 saturated carbocycles. The van der Waals surface area contributed by atoms with Crippen molar-refractivity contribution in [2.24, 2.45) is 5.92 Å². The van der Waals surface area contributed by atoms with Crippen LogP contribution in [0.4, 0.5) is 16.2 Å². The van der Waals surface area contributed by atoms with Crippen molar-refractivity contribution in [3.05, 3.63) is 64.7 Å². The Balaban J connectivity index is 1.62. The number of nitrogens with one attached hydrogen (secondary N) is 3. The third kappa shape index (κ3) is 6.20. The van der Waals surface area contributed by atoms with E-state index in [0.717, 1.165) is 22.4 Å². The van der Waals surface area contributed by atoms with Crippen LogP contribution in [-0.4, -0.2) is 36.0 Å². The van der Waals surface area contributed by atoms with Crippen molar-refractivity contribution in [1.29, 1.82) is 0 Å². The van der Waals surface area contributed by atoms with E-state index in [1.165, 1.54) is 18.4 Å². The number of anilines is 2. The maximum absolute atomic E-state index is 12.6. The molecule has 0 aliphatic heterocycles. The third-order valence-corrected chi connectivity index (χ3v) is 6.19. The molecule has 0 bridgehead atoms. The number of benzene rings is 2. The van der Waals surface area contributed by atoms with Gasteiger partial charge in [-0.25, -0.2) is 14.6 Å². The van der Waals surface area contributed by atoms with Gasteiger partial charge in [0.25, 0.3) is 5.91 Å².